The van der Waals surface area contributed by atoms with E-state index in [0.29, 0.717) is 13.1 Å². The van der Waals surface area contributed by atoms with Gasteiger partial charge in [-0.2, -0.15) is 0 Å². The van der Waals surface area contributed by atoms with Crippen LogP contribution >= 0.6 is 0 Å². The number of nitrogens with zero attached hydrogens (tertiary/aromatic N) is 1. The molecule has 0 aromatic rings. The van der Waals surface area contributed by atoms with Crippen LogP contribution in [0.25, 0.3) is 0 Å². The quantitative estimate of drug-likeness (QED) is 0.608. The number of aliphatic hydroxyl groups is 1. The van der Waals surface area contributed by atoms with Crippen LogP contribution in [0.15, 0.2) is 0 Å². The number of nitrogens with one attached hydrogen (secondary N) is 2. The van der Waals surface area contributed by atoms with Gasteiger partial charge in [0.2, 0.25) is 5.91 Å². The zero-order valence-corrected chi connectivity index (χ0v) is 12.4. The van der Waals surface area contributed by atoms with Crippen LogP contribution in [-0.2, 0) is 4.79 Å². The van der Waals surface area contributed by atoms with E-state index < -0.39 is 12.1 Å². The van der Waals surface area contributed by atoms with Crippen molar-refractivity contribution in [3.8, 4) is 0 Å². The van der Waals surface area contributed by atoms with E-state index in [-0.39, 0.29) is 18.6 Å². The average Bonchev–Trinajstić information content (AvgIpc) is 2.38. The predicted octanol–water partition coefficient (Wildman–Crippen LogP) is 0.704. The summed E-state index contributed by atoms with van der Waals surface area (Å²) in [5, 5.41) is 14.0. The molecule has 0 spiro atoms. The van der Waals surface area contributed by atoms with Gasteiger partial charge in [-0.15, -0.1) is 0 Å². The van der Waals surface area contributed by atoms with Gasteiger partial charge in [-0.25, -0.2) is 4.79 Å². The number of amides is 3. The summed E-state index contributed by atoms with van der Waals surface area (Å²) in [6.45, 7) is 8.53. The summed E-state index contributed by atoms with van der Waals surface area (Å²) in [7, 11) is 0. The van der Waals surface area contributed by atoms with E-state index in [1.54, 1.807) is 13.8 Å². The van der Waals surface area contributed by atoms with Gasteiger partial charge in [-0.3, -0.25) is 15.0 Å². The van der Waals surface area contributed by atoms with Gasteiger partial charge in [-0.1, -0.05) is 13.8 Å². The van der Waals surface area contributed by atoms with E-state index in [9.17, 15) is 9.59 Å². The van der Waals surface area contributed by atoms with Crippen molar-refractivity contribution in [1.82, 2.24) is 15.5 Å². The minimum absolute atomic E-state index is 0.00469. The summed E-state index contributed by atoms with van der Waals surface area (Å²) >= 11 is 0. The van der Waals surface area contributed by atoms with Crippen LogP contribution in [0.5, 0.6) is 0 Å². The van der Waals surface area contributed by atoms with Gasteiger partial charge >= 0.3 is 6.03 Å². The van der Waals surface area contributed by atoms with Gasteiger partial charge in [-0.05, 0) is 26.7 Å². The molecule has 6 nitrogen and oxygen atoms in total. The van der Waals surface area contributed by atoms with E-state index in [1.165, 1.54) is 0 Å². The number of urea groups is 1. The van der Waals surface area contributed by atoms with Crippen LogP contribution in [0, 0.1) is 0 Å². The van der Waals surface area contributed by atoms with Crippen molar-refractivity contribution in [3.63, 3.8) is 0 Å². The number of hydrogen-bond donors (Lipinski definition) is 3. The molecule has 0 aromatic heterocycles. The Labute approximate surface area is 115 Å². The molecule has 1 atom stereocenters. The molecule has 112 valence electrons. The number of carbonyl (C=O) groups excluding carboxylic acids is 2. The maximum absolute atomic E-state index is 12.0. The lowest BCUT2D eigenvalue weighted by atomic mass is 10.1. The molecule has 0 radical (unpaired) electrons. The first-order valence-electron chi connectivity index (χ1n) is 6.96. The Kier molecular flexibility index (Phi) is 9.16. The molecule has 0 saturated heterocycles. The first-order chi connectivity index (χ1) is 9.01. The molecule has 0 aliphatic rings. The number of rotatable bonds is 8. The Bertz CT molecular complexity index is 280. The molecular weight excluding hydrogens is 246 g/mol. The highest BCUT2D eigenvalue weighted by Crippen LogP contribution is 2.12. The number of imide groups is 1. The zero-order valence-electron chi connectivity index (χ0n) is 12.4. The van der Waals surface area contributed by atoms with E-state index in [2.05, 4.69) is 10.6 Å². The van der Waals surface area contributed by atoms with E-state index in [1.807, 2.05) is 18.7 Å². The molecule has 0 rings (SSSR count). The highest BCUT2D eigenvalue weighted by Gasteiger charge is 2.26. The molecule has 0 heterocycles. The molecule has 0 aromatic carbocycles. The van der Waals surface area contributed by atoms with Crippen molar-refractivity contribution in [3.05, 3.63) is 0 Å². The topological polar surface area (TPSA) is 81.7 Å². The smallest absolute Gasteiger partial charge is 0.321 e. The summed E-state index contributed by atoms with van der Waals surface area (Å²) in [5.74, 6) is -0.341. The Morgan fingerprint density at radius 1 is 1.21 bits per heavy atom. The van der Waals surface area contributed by atoms with Crippen LogP contribution in [0.2, 0.25) is 0 Å². The Balaban J connectivity index is 4.64. The second-order valence-electron chi connectivity index (χ2n) is 4.46. The summed E-state index contributed by atoms with van der Waals surface area (Å²) in [5.41, 5.74) is 0. The third-order valence-electron chi connectivity index (χ3n) is 3.22. The minimum atomic E-state index is -0.479. The predicted molar refractivity (Wildman–Crippen MR) is 74.8 cm³/mol. The molecule has 6 heteroatoms. The molecule has 3 N–H and O–H groups in total. The van der Waals surface area contributed by atoms with Crippen LogP contribution < -0.4 is 10.6 Å². The molecule has 0 saturated carbocycles. The van der Waals surface area contributed by atoms with Crippen molar-refractivity contribution in [1.29, 1.82) is 0 Å². The second kappa shape index (κ2) is 9.75. The zero-order chi connectivity index (χ0) is 14.8. The van der Waals surface area contributed by atoms with Crippen molar-refractivity contribution in [2.75, 3.05) is 19.7 Å². The van der Waals surface area contributed by atoms with E-state index in [0.717, 1.165) is 12.8 Å². The normalized spacial score (nSPS) is 12.6. The second-order valence-corrected chi connectivity index (χ2v) is 4.46. The fourth-order valence-corrected chi connectivity index (χ4v) is 2.14. The lowest BCUT2D eigenvalue weighted by Crippen LogP contribution is -2.53. The lowest BCUT2D eigenvalue weighted by molar-refractivity contribution is -0.126. The molecule has 0 fully saturated rings. The Morgan fingerprint density at radius 3 is 2.21 bits per heavy atom. The highest BCUT2D eigenvalue weighted by molar-refractivity contribution is 5.96. The van der Waals surface area contributed by atoms with Crippen molar-refractivity contribution in [2.45, 2.75) is 52.6 Å². The van der Waals surface area contributed by atoms with Crippen LogP contribution in [-0.4, -0.2) is 53.7 Å². The molecule has 3 amide bonds. The number of hydrogen-bond acceptors (Lipinski definition) is 4. The lowest BCUT2D eigenvalue weighted by Gasteiger charge is -2.34. The number of carbonyl (C=O) groups is 2. The van der Waals surface area contributed by atoms with Gasteiger partial charge in [0.1, 0.15) is 0 Å². The molecule has 19 heavy (non-hydrogen) atoms. The molecule has 1 unspecified atom stereocenters. The van der Waals surface area contributed by atoms with Gasteiger partial charge < -0.3 is 10.4 Å². The Hall–Kier alpha value is -1.14. The van der Waals surface area contributed by atoms with E-state index >= 15 is 0 Å². The Morgan fingerprint density at radius 2 is 1.79 bits per heavy atom. The summed E-state index contributed by atoms with van der Waals surface area (Å²) in [6.07, 6.45) is 1.80. The molecule has 0 bridgehead atoms. The van der Waals surface area contributed by atoms with Gasteiger partial charge in [0.05, 0.1) is 12.6 Å². The first-order valence-corrected chi connectivity index (χ1v) is 6.96. The standard InChI is InChI=1S/C13H27N3O3/c1-5-11(6-2)16(8-9-17)10(4)12(18)15-13(19)14-7-3/h10-11,17H,5-9H2,1-4H3,(H2,14,15,18,19). The molecule has 0 aliphatic carbocycles. The third kappa shape index (κ3) is 6.02. The first kappa shape index (κ1) is 17.9. The SMILES string of the molecule is CCNC(=O)NC(=O)C(C)N(CCO)C(CC)CC. The maximum Gasteiger partial charge on any atom is 0.321 e. The maximum atomic E-state index is 12.0. The fraction of sp³-hybridized carbons (Fsp3) is 0.846. The number of aliphatic hydroxyl groups excluding tert-OH is 1. The summed E-state index contributed by atoms with van der Waals surface area (Å²) in [4.78, 5) is 25.3. The average molecular weight is 273 g/mol. The highest BCUT2D eigenvalue weighted by atomic mass is 16.3. The van der Waals surface area contributed by atoms with Crippen LogP contribution in [0.3, 0.4) is 0 Å². The van der Waals surface area contributed by atoms with Crippen molar-refractivity contribution in [2.24, 2.45) is 0 Å². The summed E-state index contributed by atoms with van der Waals surface area (Å²) in [6, 6.07) is -0.699. The molecule has 0 aliphatic heterocycles. The van der Waals surface area contributed by atoms with Crippen LogP contribution in [0.1, 0.15) is 40.5 Å². The van der Waals surface area contributed by atoms with Crippen LogP contribution in [0.4, 0.5) is 4.79 Å². The van der Waals surface area contributed by atoms with E-state index in [4.69, 9.17) is 5.11 Å². The molecular formula is C13H27N3O3. The van der Waals surface area contributed by atoms with Gasteiger partial charge in [0.15, 0.2) is 0 Å². The third-order valence-corrected chi connectivity index (χ3v) is 3.22. The van der Waals surface area contributed by atoms with Crippen molar-refractivity contribution >= 4 is 11.9 Å². The van der Waals surface area contributed by atoms with Gasteiger partial charge in [0, 0.05) is 19.1 Å². The monoisotopic (exact) mass is 273 g/mol. The summed E-state index contributed by atoms with van der Waals surface area (Å²) < 4.78 is 0. The minimum Gasteiger partial charge on any atom is -0.395 e. The van der Waals surface area contributed by atoms with Gasteiger partial charge in [0.25, 0.3) is 0 Å². The fourth-order valence-electron chi connectivity index (χ4n) is 2.14. The largest absolute Gasteiger partial charge is 0.395 e. The van der Waals surface area contributed by atoms with Crippen molar-refractivity contribution < 1.29 is 14.7 Å².